The number of nitrogens with zero attached hydrogens (tertiary/aromatic N) is 1. The SMILES string of the molecule is O=C(NCCc1c[nH]c2ccccc12)c1cncc(NC2CCCCC2)c1. The molecule has 1 aliphatic rings. The smallest absolute Gasteiger partial charge is 0.252 e. The van der Waals surface area contributed by atoms with Crippen molar-refractivity contribution in [2.75, 3.05) is 11.9 Å². The minimum absolute atomic E-state index is 0.0744. The summed E-state index contributed by atoms with van der Waals surface area (Å²) in [4.78, 5) is 20.0. The van der Waals surface area contributed by atoms with Crippen LogP contribution in [0.2, 0.25) is 0 Å². The molecule has 0 bridgehead atoms. The van der Waals surface area contributed by atoms with Gasteiger partial charge in [0.05, 0.1) is 11.3 Å². The van der Waals surface area contributed by atoms with E-state index in [9.17, 15) is 4.79 Å². The van der Waals surface area contributed by atoms with E-state index in [2.05, 4.69) is 32.7 Å². The van der Waals surface area contributed by atoms with E-state index in [4.69, 9.17) is 0 Å². The lowest BCUT2D eigenvalue weighted by Crippen LogP contribution is -2.26. The number of carbonyl (C=O) groups excluding carboxylic acids is 1. The first-order chi connectivity index (χ1) is 13.3. The summed E-state index contributed by atoms with van der Waals surface area (Å²) in [6.45, 7) is 0.598. The van der Waals surface area contributed by atoms with Gasteiger partial charge in [0.1, 0.15) is 0 Å². The Kier molecular flexibility index (Phi) is 5.37. The van der Waals surface area contributed by atoms with Crippen molar-refractivity contribution in [3.63, 3.8) is 0 Å². The van der Waals surface area contributed by atoms with E-state index in [0.717, 1.165) is 17.6 Å². The number of hydrogen-bond donors (Lipinski definition) is 3. The number of fused-ring (bicyclic) bond motifs is 1. The maximum absolute atomic E-state index is 12.5. The Labute approximate surface area is 159 Å². The fourth-order valence-corrected chi connectivity index (χ4v) is 3.88. The van der Waals surface area contributed by atoms with Crippen LogP contribution in [0.3, 0.4) is 0 Å². The molecule has 0 unspecified atom stereocenters. The van der Waals surface area contributed by atoms with Crippen LogP contribution in [0.1, 0.15) is 48.0 Å². The molecule has 3 aromatic rings. The van der Waals surface area contributed by atoms with Gasteiger partial charge in [0, 0.05) is 42.1 Å². The summed E-state index contributed by atoms with van der Waals surface area (Å²) in [6, 6.07) is 10.6. The lowest BCUT2D eigenvalue weighted by Gasteiger charge is -2.23. The molecule has 5 nitrogen and oxygen atoms in total. The number of anilines is 1. The largest absolute Gasteiger partial charge is 0.381 e. The molecule has 0 atom stereocenters. The third-order valence-corrected chi connectivity index (χ3v) is 5.33. The highest BCUT2D eigenvalue weighted by Gasteiger charge is 2.14. The highest BCUT2D eigenvalue weighted by atomic mass is 16.1. The Hall–Kier alpha value is -2.82. The number of nitrogens with one attached hydrogen (secondary N) is 3. The molecule has 4 rings (SSSR count). The average molecular weight is 362 g/mol. The van der Waals surface area contributed by atoms with Crippen molar-refractivity contribution in [2.24, 2.45) is 0 Å². The van der Waals surface area contributed by atoms with Crippen LogP contribution >= 0.6 is 0 Å². The molecule has 1 aliphatic carbocycles. The number of aromatic amines is 1. The molecule has 2 heterocycles. The Balaban J connectivity index is 1.33. The molecular weight excluding hydrogens is 336 g/mol. The van der Waals surface area contributed by atoms with E-state index < -0.39 is 0 Å². The van der Waals surface area contributed by atoms with Crippen LogP contribution in [0, 0.1) is 0 Å². The van der Waals surface area contributed by atoms with Crippen molar-refractivity contribution in [1.29, 1.82) is 0 Å². The quantitative estimate of drug-likeness (QED) is 0.613. The highest BCUT2D eigenvalue weighted by molar-refractivity contribution is 5.94. The van der Waals surface area contributed by atoms with Crippen molar-refractivity contribution >= 4 is 22.5 Å². The summed E-state index contributed by atoms with van der Waals surface area (Å²) in [5, 5.41) is 7.76. The molecule has 3 N–H and O–H groups in total. The van der Waals surface area contributed by atoms with Gasteiger partial charge >= 0.3 is 0 Å². The van der Waals surface area contributed by atoms with Crippen LogP contribution in [0.15, 0.2) is 48.9 Å². The second-order valence-corrected chi connectivity index (χ2v) is 7.31. The maximum atomic E-state index is 12.5. The molecule has 0 saturated heterocycles. The third kappa shape index (κ3) is 4.30. The number of aromatic nitrogens is 2. The number of pyridine rings is 1. The second-order valence-electron chi connectivity index (χ2n) is 7.31. The molecule has 27 heavy (non-hydrogen) atoms. The van der Waals surface area contributed by atoms with Gasteiger partial charge in [0.15, 0.2) is 0 Å². The molecular formula is C22H26N4O. The minimum Gasteiger partial charge on any atom is -0.381 e. The predicted molar refractivity (Wildman–Crippen MR) is 109 cm³/mol. The number of para-hydroxylation sites is 1. The van der Waals surface area contributed by atoms with Gasteiger partial charge in [0.25, 0.3) is 5.91 Å². The summed E-state index contributed by atoms with van der Waals surface area (Å²) in [5.41, 5.74) is 3.89. The second kappa shape index (κ2) is 8.25. The molecule has 5 heteroatoms. The van der Waals surface area contributed by atoms with Crippen molar-refractivity contribution in [3.8, 4) is 0 Å². The number of amides is 1. The molecule has 1 aromatic carbocycles. The van der Waals surface area contributed by atoms with Gasteiger partial charge in [-0.25, -0.2) is 0 Å². The average Bonchev–Trinajstić information content (AvgIpc) is 3.12. The van der Waals surface area contributed by atoms with Crippen LogP contribution in [0.4, 0.5) is 5.69 Å². The molecule has 140 valence electrons. The van der Waals surface area contributed by atoms with Crippen LogP contribution in [0.5, 0.6) is 0 Å². The number of benzene rings is 1. The fraction of sp³-hybridized carbons (Fsp3) is 0.364. The monoisotopic (exact) mass is 362 g/mol. The van der Waals surface area contributed by atoms with Crippen molar-refractivity contribution in [2.45, 2.75) is 44.6 Å². The first-order valence-electron chi connectivity index (χ1n) is 9.84. The predicted octanol–water partition coefficient (Wildman–Crippen LogP) is 4.28. The first-order valence-corrected chi connectivity index (χ1v) is 9.84. The molecule has 0 spiro atoms. The standard InChI is InChI=1S/C22H26N4O/c27-22(24-11-10-16-14-25-21-9-5-4-8-20(16)21)17-12-19(15-23-13-17)26-18-6-2-1-3-7-18/h4-5,8-9,12-15,18,25-26H,1-3,6-7,10-11H2,(H,24,27). The molecule has 1 saturated carbocycles. The Morgan fingerprint density at radius 1 is 1.15 bits per heavy atom. The molecule has 1 fully saturated rings. The van der Waals surface area contributed by atoms with E-state index in [0.29, 0.717) is 18.2 Å². The van der Waals surface area contributed by atoms with E-state index in [1.807, 2.05) is 24.4 Å². The van der Waals surface area contributed by atoms with Gasteiger partial charge in [-0.2, -0.15) is 0 Å². The van der Waals surface area contributed by atoms with Crippen LogP contribution in [-0.4, -0.2) is 28.5 Å². The normalized spacial score (nSPS) is 15.0. The van der Waals surface area contributed by atoms with Gasteiger partial charge in [-0.1, -0.05) is 37.5 Å². The Morgan fingerprint density at radius 2 is 2.00 bits per heavy atom. The molecule has 0 radical (unpaired) electrons. The van der Waals surface area contributed by atoms with Gasteiger partial charge in [-0.05, 0) is 37.0 Å². The van der Waals surface area contributed by atoms with Gasteiger partial charge in [0.2, 0.25) is 0 Å². The van der Waals surface area contributed by atoms with E-state index in [1.54, 1.807) is 12.4 Å². The summed E-state index contributed by atoms with van der Waals surface area (Å²) < 4.78 is 0. The zero-order chi connectivity index (χ0) is 18.5. The summed E-state index contributed by atoms with van der Waals surface area (Å²) >= 11 is 0. The minimum atomic E-state index is -0.0744. The van der Waals surface area contributed by atoms with Crippen molar-refractivity contribution < 1.29 is 4.79 Å². The lowest BCUT2D eigenvalue weighted by molar-refractivity contribution is 0.0954. The zero-order valence-corrected chi connectivity index (χ0v) is 15.5. The lowest BCUT2D eigenvalue weighted by atomic mass is 9.95. The molecule has 2 aromatic heterocycles. The highest BCUT2D eigenvalue weighted by Crippen LogP contribution is 2.22. The van der Waals surface area contributed by atoms with E-state index >= 15 is 0 Å². The van der Waals surface area contributed by atoms with Gasteiger partial charge in [-0.3, -0.25) is 9.78 Å². The Morgan fingerprint density at radius 3 is 2.89 bits per heavy atom. The van der Waals surface area contributed by atoms with Crippen LogP contribution in [-0.2, 0) is 6.42 Å². The Bertz CT molecular complexity index is 911. The number of H-pyrrole nitrogens is 1. The summed E-state index contributed by atoms with van der Waals surface area (Å²) in [5.74, 6) is -0.0744. The van der Waals surface area contributed by atoms with E-state index in [-0.39, 0.29) is 5.91 Å². The van der Waals surface area contributed by atoms with Gasteiger partial charge in [-0.15, -0.1) is 0 Å². The fourth-order valence-electron chi connectivity index (χ4n) is 3.88. The molecule has 0 aliphatic heterocycles. The first kappa shape index (κ1) is 17.6. The summed E-state index contributed by atoms with van der Waals surface area (Å²) in [6.07, 6.45) is 12.5. The third-order valence-electron chi connectivity index (χ3n) is 5.33. The van der Waals surface area contributed by atoms with Crippen LogP contribution < -0.4 is 10.6 Å². The number of hydrogen-bond acceptors (Lipinski definition) is 3. The van der Waals surface area contributed by atoms with Crippen LogP contribution in [0.25, 0.3) is 10.9 Å². The topological polar surface area (TPSA) is 69.8 Å². The van der Waals surface area contributed by atoms with Crippen molar-refractivity contribution in [3.05, 3.63) is 60.0 Å². The number of rotatable bonds is 6. The van der Waals surface area contributed by atoms with E-state index in [1.165, 1.54) is 43.1 Å². The van der Waals surface area contributed by atoms with Gasteiger partial charge < -0.3 is 15.6 Å². The maximum Gasteiger partial charge on any atom is 0.252 e. The summed E-state index contributed by atoms with van der Waals surface area (Å²) in [7, 11) is 0. The molecule has 1 amide bonds. The number of carbonyl (C=O) groups is 1. The van der Waals surface area contributed by atoms with Crippen molar-refractivity contribution in [1.82, 2.24) is 15.3 Å². The zero-order valence-electron chi connectivity index (χ0n) is 15.5.